The van der Waals surface area contributed by atoms with Crippen LogP contribution in [0.4, 0.5) is 32.3 Å². The number of imidazole rings is 4. The van der Waals surface area contributed by atoms with Crippen LogP contribution in [0.2, 0.25) is 0 Å². The molecule has 19 nitrogen and oxygen atoms in total. The SMILES string of the molecule is CC(=O)Nc1ccc2c(c1)/C(=C/c1cnc[nH]1)CCC2.CCN(C(=O)COC)c1ccc2cccc(Cc3cnc[nH]3)c2c1.CCN(C(=O)NC)c1ccc2cccc(Cc3cnc[nH]3)c2c1.CCN(C(=O)OC)c1ccc2cccc(Cc3cnc[nH]3)c2c1. The van der Waals surface area contributed by atoms with Gasteiger partial charge in [0.25, 0.3) is 5.91 Å². The van der Waals surface area contributed by atoms with Gasteiger partial charge in [0, 0.05) is 118 Å². The van der Waals surface area contributed by atoms with E-state index in [0.717, 1.165) is 111 Å². The first kappa shape index (κ1) is 63.8. The van der Waals surface area contributed by atoms with Crippen LogP contribution in [0.1, 0.15) is 91.1 Å². The van der Waals surface area contributed by atoms with Crippen molar-refractivity contribution in [3.05, 3.63) is 228 Å². The number of aryl methyl sites for hydroxylation is 1. The number of fused-ring (bicyclic) bond motifs is 4. The lowest BCUT2D eigenvalue weighted by molar-refractivity contribution is -0.122. The van der Waals surface area contributed by atoms with Crippen LogP contribution in [0.15, 0.2) is 177 Å². The predicted octanol–water partition coefficient (Wildman–Crippen LogP) is 13.5. The number of methoxy groups -OCH3 is 2. The Kier molecular flexibility index (Phi) is 22.2. The number of anilines is 4. The van der Waals surface area contributed by atoms with Gasteiger partial charge in [0.15, 0.2) is 0 Å². The van der Waals surface area contributed by atoms with Crippen molar-refractivity contribution in [1.29, 1.82) is 0 Å². The summed E-state index contributed by atoms with van der Waals surface area (Å²) < 4.78 is 9.85. The van der Waals surface area contributed by atoms with Crippen molar-refractivity contribution in [2.24, 2.45) is 0 Å². The maximum Gasteiger partial charge on any atom is 0.413 e. The first-order valence-electron chi connectivity index (χ1n) is 30.1. The predicted molar refractivity (Wildman–Crippen MR) is 359 cm³/mol. The van der Waals surface area contributed by atoms with Gasteiger partial charge in [-0.1, -0.05) is 78.9 Å². The molecule has 19 heteroatoms. The molecule has 0 saturated carbocycles. The average molecular weight is 1210 g/mol. The number of likely N-dealkylation sites (N-methyl/N-ethyl adjacent to an activating group) is 1. The topological polar surface area (TPSA) is 235 Å². The summed E-state index contributed by atoms with van der Waals surface area (Å²) in [6.45, 7) is 9.26. The number of aromatic nitrogens is 8. The summed E-state index contributed by atoms with van der Waals surface area (Å²) in [5.74, 6) is -0.0785. The molecule has 7 aromatic carbocycles. The average Bonchev–Trinajstić information content (AvgIpc) is 1.14. The van der Waals surface area contributed by atoms with Gasteiger partial charge in [-0.3, -0.25) is 19.4 Å². The third-order valence-corrected chi connectivity index (χ3v) is 15.5. The molecule has 0 atom stereocenters. The first-order chi connectivity index (χ1) is 43.9. The van der Waals surface area contributed by atoms with Crippen LogP contribution in [-0.4, -0.2) is 111 Å². The number of hydrogen-bond acceptors (Lipinski definition) is 10. The molecule has 1 aliphatic carbocycles. The molecule has 4 heterocycles. The van der Waals surface area contributed by atoms with Crippen LogP contribution in [0.5, 0.6) is 0 Å². The van der Waals surface area contributed by atoms with Crippen LogP contribution in [-0.2, 0) is 44.7 Å². The molecular weight excluding hydrogens is 1130 g/mol. The molecular formula is C71H77N13O6. The van der Waals surface area contributed by atoms with Crippen molar-refractivity contribution >= 4 is 90.7 Å². The van der Waals surface area contributed by atoms with Crippen molar-refractivity contribution in [3.8, 4) is 0 Å². The number of carbonyl (C=O) groups is 4. The monoisotopic (exact) mass is 1210 g/mol. The summed E-state index contributed by atoms with van der Waals surface area (Å²) in [7, 11) is 4.58. The van der Waals surface area contributed by atoms with Crippen molar-refractivity contribution in [1.82, 2.24) is 45.2 Å². The molecule has 4 aromatic heterocycles. The Morgan fingerprint density at radius 3 is 1.46 bits per heavy atom. The number of H-pyrrole nitrogens is 4. The van der Waals surface area contributed by atoms with Crippen molar-refractivity contribution in [2.45, 2.75) is 66.2 Å². The van der Waals surface area contributed by atoms with E-state index in [-0.39, 0.29) is 30.5 Å². The summed E-state index contributed by atoms with van der Waals surface area (Å²) in [4.78, 5) is 81.2. The van der Waals surface area contributed by atoms with Gasteiger partial charge in [-0.05, 0) is 160 Å². The maximum atomic E-state index is 12.2. The summed E-state index contributed by atoms with van der Waals surface area (Å²) in [5.41, 5.74) is 15.2. The van der Waals surface area contributed by atoms with Crippen molar-refractivity contribution < 1.29 is 28.7 Å². The number of carbonyl (C=O) groups excluding carboxylic acids is 4. The zero-order valence-electron chi connectivity index (χ0n) is 52.0. The van der Waals surface area contributed by atoms with E-state index in [9.17, 15) is 19.2 Å². The van der Waals surface area contributed by atoms with E-state index < -0.39 is 0 Å². The molecule has 0 unspecified atom stereocenters. The van der Waals surface area contributed by atoms with Gasteiger partial charge in [0.2, 0.25) is 5.91 Å². The maximum absolute atomic E-state index is 12.2. The number of aromatic amines is 4. The van der Waals surface area contributed by atoms with Crippen molar-refractivity contribution in [2.75, 3.05) is 67.5 Å². The molecule has 6 N–H and O–H groups in total. The lowest BCUT2D eigenvalue weighted by atomic mass is 9.86. The first-order valence-corrected chi connectivity index (χ1v) is 30.1. The lowest BCUT2D eigenvalue weighted by Gasteiger charge is -2.21. The third kappa shape index (κ3) is 16.3. The minimum Gasteiger partial charge on any atom is -0.452 e. The Morgan fingerprint density at radius 2 is 1.03 bits per heavy atom. The van der Waals surface area contributed by atoms with Gasteiger partial charge in [-0.15, -0.1) is 0 Å². The number of urea groups is 1. The molecule has 11 aromatic rings. The molecule has 0 radical (unpaired) electrons. The highest BCUT2D eigenvalue weighted by atomic mass is 16.5. The minimum atomic E-state index is -0.349. The number of ether oxygens (including phenoxy) is 2. The minimum absolute atomic E-state index is 0.0367. The standard InChI is InChI=1S/C19H21N3O2.C18H20N4O.C18H19N3O2.C16H17N3O/c1-3-22(19(23)12-24-2)17-8-7-14-5-4-6-15(18(14)10-17)9-16-11-20-13-21-16;1-3-22(18(23)19-2)16-8-7-13-5-4-6-14(17(13)10-16)9-15-11-20-12-21-15;1-3-21(18(22)23-2)16-8-7-13-5-4-6-14(17(13)10-16)9-15-11-19-12-20-15;1-11(20)19-14-6-5-12-3-2-4-13(16(12)8-14)7-15-9-17-10-18-15/h4-8,10-11,13H,3,9,12H2,1-2H3,(H,20,21);4-8,10-12H,3,9H2,1-2H3,(H,19,23)(H,20,21);4-8,10-12H,3,9H2,1-2H3,(H,19,20);5-10H,2-4H2,1H3,(H,17,18)(H,19,20)/b;;;13-7+. The van der Waals surface area contributed by atoms with Crippen LogP contribution in [0, 0.1) is 0 Å². The fourth-order valence-electron chi connectivity index (χ4n) is 11.2. The van der Waals surface area contributed by atoms with E-state index in [4.69, 9.17) is 9.47 Å². The zero-order valence-corrected chi connectivity index (χ0v) is 52.0. The van der Waals surface area contributed by atoms with E-state index in [0.29, 0.717) is 19.6 Å². The summed E-state index contributed by atoms with van der Waals surface area (Å²) >= 11 is 0. The van der Waals surface area contributed by atoms with Crippen LogP contribution in [0.3, 0.4) is 0 Å². The number of amides is 5. The molecule has 0 aliphatic heterocycles. The quantitative estimate of drug-likeness (QED) is 0.0535. The highest BCUT2D eigenvalue weighted by molar-refractivity contribution is 5.99. The Labute approximate surface area is 524 Å². The van der Waals surface area contributed by atoms with Gasteiger partial charge in [-0.25, -0.2) is 29.5 Å². The van der Waals surface area contributed by atoms with E-state index in [1.54, 1.807) is 47.1 Å². The lowest BCUT2D eigenvalue weighted by Crippen LogP contribution is -2.37. The Morgan fingerprint density at radius 1 is 0.556 bits per heavy atom. The summed E-state index contributed by atoms with van der Waals surface area (Å²) in [5, 5.41) is 12.4. The Balaban J connectivity index is 0.000000143. The van der Waals surface area contributed by atoms with Crippen LogP contribution < -0.4 is 25.3 Å². The molecule has 0 bridgehead atoms. The van der Waals surface area contributed by atoms with E-state index in [1.807, 2.05) is 88.0 Å². The molecule has 0 saturated heterocycles. The van der Waals surface area contributed by atoms with Gasteiger partial charge in [0.1, 0.15) is 6.61 Å². The van der Waals surface area contributed by atoms with Gasteiger partial charge in [0.05, 0.1) is 44.3 Å². The highest BCUT2D eigenvalue weighted by Gasteiger charge is 2.19. The second-order valence-corrected chi connectivity index (χ2v) is 21.4. The van der Waals surface area contributed by atoms with Gasteiger partial charge in [-0.2, -0.15) is 0 Å². The van der Waals surface area contributed by atoms with Crippen LogP contribution in [0.25, 0.3) is 44.0 Å². The summed E-state index contributed by atoms with van der Waals surface area (Å²) in [6.07, 6.45) is 21.5. The largest absolute Gasteiger partial charge is 0.452 e. The van der Waals surface area contributed by atoms with Crippen molar-refractivity contribution in [3.63, 3.8) is 0 Å². The van der Waals surface area contributed by atoms with E-state index >= 15 is 0 Å². The zero-order chi connectivity index (χ0) is 63.4. The highest BCUT2D eigenvalue weighted by Crippen LogP contribution is 2.35. The van der Waals surface area contributed by atoms with Gasteiger partial charge < -0.3 is 44.9 Å². The Bertz CT molecular complexity index is 4040. The third-order valence-electron chi connectivity index (χ3n) is 15.5. The molecule has 12 rings (SSSR count). The number of nitrogens with one attached hydrogen (secondary N) is 6. The normalized spacial score (nSPS) is 11.9. The molecule has 462 valence electrons. The fraction of sp³-hybridized carbons (Fsp3) is 0.239. The van der Waals surface area contributed by atoms with E-state index in [2.05, 4.69) is 142 Å². The molecule has 5 amide bonds. The van der Waals surface area contributed by atoms with Crippen LogP contribution >= 0.6 is 0 Å². The number of rotatable bonds is 16. The number of allylic oxidation sites excluding steroid dienone is 1. The molecule has 1 aliphatic rings. The summed E-state index contributed by atoms with van der Waals surface area (Å²) in [6, 6.07) is 43.1. The number of hydrogen-bond donors (Lipinski definition) is 6. The number of benzene rings is 7. The van der Waals surface area contributed by atoms with E-state index in [1.165, 1.54) is 59.9 Å². The molecule has 0 spiro atoms. The van der Waals surface area contributed by atoms with Gasteiger partial charge >= 0.3 is 12.1 Å². The second kappa shape index (κ2) is 31.3. The molecule has 0 fully saturated rings. The second-order valence-electron chi connectivity index (χ2n) is 21.4. The number of nitrogens with zero attached hydrogens (tertiary/aromatic N) is 7. The fourth-order valence-corrected chi connectivity index (χ4v) is 11.2. The Hall–Kier alpha value is -10.7. The molecule has 90 heavy (non-hydrogen) atoms. The smallest absolute Gasteiger partial charge is 0.413 e.